The topological polar surface area (TPSA) is 92.0 Å². The van der Waals surface area contributed by atoms with Gasteiger partial charge in [0.2, 0.25) is 5.88 Å². The molecule has 7 nitrogen and oxygen atoms in total. The van der Waals surface area contributed by atoms with Crippen LogP contribution in [0.4, 0.5) is 5.95 Å². The zero-order valence-corrected chi connectivity index (χ0v) is 16.5. The molecule has 2 N–H and O–H groups in total. The van der Waals surface area contributed by atoms with E-state index in [0.717, 1.165) is 6.42 Å². The lowest BCUT2D eigenvalue weighted by Gasteiger charge is -2.28. The average molecular weight is 371 g/mol. The predicted octanol–water partition coefficient (Wildman–Crippen LogP) is 3.32. The van der Waals surface area contributed by atoms with Crippen LogP contribution in [0.2, 0.25) is 0 Å². The van der Waals surface area contributed by atoms with Gasteiger partial charge in [-0.2, -0.15) is 10.1 Å². The summed E-state index contributed by atoms with van der Waals surface area (Å²) in [5, 5.41) is 21.6. The van der Waals surface area contributed by atoms with Gasteiger partial charge in [0.15, 0.2) is 0 Å². The van der Waals surface area contributed by atoms with Gasteiger partial charge in [0.1, 0.15) is 12.7 Å². The Morgan fingerprint density at radius 2 is 1.93 bits per heavy atom. The molecule has 1 atom stereocenters. The van der Waals surface area contributed by atoms with Crippen molar-refractivity contribution < 1.29 is 9.84 Å². The summed E-state index contributed by atoms with van der Waals surface area (Å²) in [7, 11) is 0. The summed E-state index contributed by atoms with van der Waals surface area (Å²) < 4.78 is 5.56. The number of rotatable bonds is 10. The average Bonchev–Trinajstić information content (AvgIpc) is 2.64. The van der Waals surface area contributed by atoms with Gasteiger partial charge in [-0.15, -0.1) is 5.11 Å². The maximum atomic E-state index is 10.2. The second-order valence-corrected chi connectivity index (χ2v) is 7.40. The quantitative estimate of drug-likeness (QED) is 0.625. The highest BCUT2D eigenvalue weighted by atomic mass is 16.5. The van der Waals surface area contributed by atoms with Crippen molar-refractivity contribution in [3.63, 3.8) is 0 Å². The van der Waals surface area contributed by atoms with Gasteiger partial charge in [-0.25, -0.2) is 4.98 Å². The fourth-order valence-corrected chi connectivity index (χ4v) is 2.43. The lowest BCUT2D eigenvalue weighted by molar-refractivity contribution is 0.0965. The fourth-order valence-electron chi connectivity index (χ4n) is 2.43. The smallest absolute Gasteiger partial charge is 0.271 e. The van der Waals surface area contributed by atoms with Crippen LogP contribution in [0, 0.1) is 0 Å². The van der Waals surface area contributed by atoms with E-state index in [0.29, 0.717) is 12.4 Å². The first kappa shape index (κ1) is 20.9. The Hall–Kier alpha value is -2.38. The SMILES string of the molecule is CC(C)N=Nc1nccc(OCC(O)CNC(C)(C)Cc2ccccc2)n1. The number of nitrogens with zero attached hydrogens (tertiary/aromatic N) is 4. The van der Waals surface area contributed by atoms with Gasteiger partial charge in [0, 0.05) is 24.3 Å². The number of hydrogen-bond donors (Lipinski definition) is 2. The van der Waals surface area contributed by atoms with Crippen LogP contribution in [0.25, 0.3) is 0 Å². The van der Waals surface area contributed by atoms with Crippen LogP contribution in [0.5, 0.6) is 5.88 Å². The Labute approximate surface area is 160 Å². The first-order valence-corrected chi connectivity index (χ1v) is 9.18. The molecule has 0 aliphatic heterocycles. The Kier molecular flexibility index (Phi) is 7.82. The second kappa shape index (κ2) is 10.1. The Morgan fingerprint density at radius 3 is 2.63 bits per heavy atom. The number of ether oxygens (including phenoxy) is 1. The molecule has 0 spiro atoms. The molecule has 0 radical (unpaired) electrons. The molecule has 146 valence electrons. The van der Waals surface area contributed by atoms with Crippen LogP contribution >= 0.6 is 0 Å². The van der Waals surface area contributed by atoms with Gasteiger partial charge in [-0.3, -0.25) is 0 Å². The van der Waals surface area contributed by atoms with E-state index in [-0.39, 0.29) is 24.1 Å². The molecule has 2 aromatic rings. The maximum absolute atomic E-state index is 10.2. The van der Waals surface area contributed by atoms with E-state index >= 15 is 0 Å². The van der Waals surface area contributed by atoms with Gasteiger partial charge in [-0.1, -0.05) is 30.3 Å². The van der Waals surface area contributed by atoms with E-state index in [1.165, 1.54) is 5.56 Å². The number of nitrogens with one attached hydrogen (secondary N) is 1. The summed E-state index contributed by atoms with van der Waals surface area (Å²) in [6.45, 7) is 8.63. The van der Waals surface area contributed by atoms with E-state index in [9.17, 15) is 5.11 Å². The standard InChI is InChI=1S/C20H29N5O2/c1-15(2)24-25-19-21-11-10-18(23-19)27-14-17(26)13-22-20(3,4)12-16-8-6-5-7-9-16/h5-11,15,17,22,26H,12-14H2,1-4H3. The summed E-state index contributed by atoms with van der Waals surface area (Å²) in [6.07, 6.45) is 1.78. The summed E-state index contributed by atoms with van der Waals surface area (Å²) >= 11 is 0. The van der Waals surface area contributed by atoms with Gasteiger partial charge < -0.3 is 15.2 Å². The van der Waals surface area contributed by atoms with Crippen LogP contribution in [-0.4, -0.2) is 45.9 Å². The van der Waals surface area contributed by atoms with Crippen LogP contribution in [0.1, 0.15) is 33.3 Å². The summed E-state index contributed by atoms with van der Waals surface area (Å²) in [5.41, 5.74) is 1.12. The zero-order chi connectivity index (χ0) is 19.7. The van der Waals surface area contributed by atoms with Crippen LogP contribution in [0.3, 0.4) is 0 Å². The molecule has 7 heteroatoms. The Bertz CT molecular complexity index is 719. The lowest BCUT2D eigenvalue weighted by atomic mass is 9.95. The van der Waals surface area contributed by atoms with E-state index in [4.69, 9.17) is 4.74 Å². The molecule has 0 saturated heterocycles. The largest absolute Gasteiger partial charge is 0.475 e. The molecule has 1 heterocycles. The molecular formula is C20H29N5O2. The lowest BCUT2D eigenvalue weighted by Crippen LogP contribution is -2.46. The van der Waals surface area contributed by atoms with Crippen molar-refractivity contribution in [3.05, 3.63) is 48.2 Å². The van der Waals surface area contributed by atoms with Gasteiger partial charge in [0.05, 0.1) is 6.04 Å². The minimum Gasteiger partial charge on any atom is -0.475 e. The van der Waals surface area contributed by atoms with Gasteiger partial charge in [0.25, 0.3) is 5.95 Å². The Balaban J connectivity index is 1.79. The highest BCUT2D eigenvalue weighted by molar-refractivity contribution is 5.20. The number of aliphatic hydroxyl groups is 1. The number of hydrogen-bond acceptors (Lipinski definition) is 7. The molecule has 2 rings (SSSR count). The number of aliphatic hydroxyl groups excluding tert-OH is 1. The first-order chi connectivity index (χ1) is 12.8. The fraction of sp³-hybridized carbons (Fsp3) is 0.500. The third-order valence-electron chi connectivity index (χ3n) is 3.72. The monoisotopic (exact) mass is 371 g/mol. The van der Waals surface area contributed by atoms with Gasteiger partial charge >= 0.3 is 0 Å². The number of aromatic nitrogens is 2. The van der Waals surface area contributed by atoms with Crippen molar-refractivity contribution >= 4 is 5.95 Å². The van der Waals surface area contributed by atoms with E-state index in [1.54, 1.807) is 12.3 Å². The molecule has 0 aliphatic rings. The van der Waals surface area contributed by atoms with Crippen molar-refractivity contribution in [2.75, 3.05) is 13.2 Å². The number of azo groups is 1. The highest BCUT2D eigenvalue weighted by Gasteiger charge is 2.19. The zero-order valence-electron chi connectivity index (χ0n) is 16.5. The number of benzene rings is 1. The number of β-amino-alcohol motifs (C(OH)–C–C–N with tert-alkyl or cyclic N) is 1. The van der Waals surface area contributed by atoms with Crippen LogP contribution < -0.4 is 10.1 Å². The summed E-state index contributed by atoms with van der Waals surface area (Å²) in [5.74, 6) is 0.614. The molecule has 1 unspecified atom stereocenters. The first-order valence-electron chi connectivity index (χ1n) is 9.18. The third kappa shape index (κ3) is 8.23. The van der Waals surface area contributed by atoms with Crippen molar-refractivity contribution in [2.24, 2.45) is 10.2 Å². The van der Waals surface area contributed by atoms with Gasteiger partial charge in [-0.05, 0) is 39.7 Å². The maximum Gasteiger partial charge on any atom is 0.271 e. The minimum atomic E-state index is -0.657. The second-order valence-electron chi connectivity index (χ2n) is 7.40. The van der Waals surface area contributed by atoms with Crippen molar-refractivity contribution in [1.82, 2.24) is 15.3 Å². The molecule has 0 saturated carbocycles. The molecule has 0 fully saturated rings. The predicted molar refractivity (Wildman–Crippen MR) is 105 cm³/mol. The normalized spacial score (nSPS) is 13.3. The summed E-state index contributed by atoms with van der Waals surface area (Å²) in [6, 6.07) is 12.0. The molecule has 1 aromatic carbocycles. The highest BCUT2D eigenvalue weighted by Crippen LogP contribution is 2.14. The van der Waals surface area contributed by atoms with E-state index in [2.05, 4.69) is 51.5 Å². The molecule has 0 aliphatic carbocycles. The molecule has 1 aromatic heterocycles. The Morgan fingerprint density at radius 1 is 1.19 bits per heavy atom. The third-order valence-corrected chi connectivity index (χ3v) is 3.72. The van der Waals surface area contributed by atoms with E-state index in [1.807, 2.05) is 32.0 Å². The molecular weight excluding hydrogens is 342 g/mol. The van der Waals surface area contributed by atoms with E-state index < -0.39 is 6.10 Å². The van der Waals surface area contributed by atoms with Crippen LogP contribution in [-0.2, 0) is 6.42 Å². The molecule has 0 amide bonds. The molecule has 27 heavy (non-hydrogen) atoms. The molecule has 0 bridgehead atoms. The minimum absolute atomic E-state index is 0.0744. The van der Waals surface area contributed by atoms with Crippen LogP contribution in [0.15, 0.2) is 52.8 Å². The van der Waals surface area contributed by atoms with Crippen molar-refractivity contribution in [2.45, 2.75) is 51.8 Å². The summed E-state index contributed by atoms with van der Waals surface area (Å²) in [4.78, 5) is 8.18. The van der Waals surface area contributed by atoms with Crippen molar-refractivity contribution in [3.8, 4) is 5.88 Å². The van der Waals surface area contributed by atoms with Crippen molar-refractivity contribution in [1.29, 1.82) is 0 Å².